The first-order valence-electron chi connectivity index (χ1n) is 9.71. The Bertz CT molecular complexity index is 592. The fourth-order valence-electron chi connectivity index (χ4n) is 2.98. The third-order valence-electron chi connectivity index (χ3n) is 4.74. The van der Waals surface area contributed by atoms with Gasteiger partial charge in [-0.2, -0.15) is 0 Å². The monoisotopic (exact) mass is 432 g/mol. The van der Waals surface area contributed by atoms with Crippen LogP contribution in [0.3, 0.4) is 0 Å². The van der Waals surface area contributed by atoms with Gasteiger partial charge in [-0.05, 0) is 6.42 Å². The Morgan fingerprint density at radius 1 is 1.00 bits per heavy atom. The Kier molecular flexibility index (Phi) is 11.2. The molecule has 0 radical (unpaired) electrons. The Balaban J connectivity index is 0.000000311. The number of rotatable bonds is 9. The average molecular weight is 432 g/mol. The van der Waals surface area contributed by atoms with Crippen LogP contribution in [-0.2, 0) is 28.5 Å². The Morgan fingerprint density at radius 3 is 1.83 bits per heavy atom. The number of hydrogen-bond donors (Lipinski definition) is 4. The molecule has 2 aliphatic rings. The maximum absolute atomic E-state index is 11.3. The molecule has 2 saturated heterocycles. The molecule has 2 rings (SSSR count). The predicted octanol–water partition coefficient (Wildman–Crippen LogP) is -0.770. The molecule has 2 heterocycles. The molecular formula is C20H32O10. The number of allylic oxidation sites excluding steroid dienone is 1. The fourth-order valence-corrected chi connectivity index (χ4v) is 2.98. The number of cyclic esters (lactones) is 2. The van der Waals surface area contributed by atoms with Gasteiger partial charge in [0.25, 0.3) is 0 Å². The minimum absolute atomic E-state index is 0.633. The van der Waals surface area contributed by atoms with Crippen LogP contribution in [0.15, 0.2) is 24.8 Å². The highest BCUT2D eigenvalue weighted by atomic mass is 16.6. The van der Waals surface area contributed by atoms with Gasteiger partial charge in [-0.25, -0.2) is 9.59 Å². The quantitative estimate of drug-likeness (QED) is 0.208. The van der Waals surface area contributed by atoms with Crippen molar-refractivity contribution in [1.82, 2.24) is 0 Å². The lowest BCUT2D eigenvalue weighted by molar-refractivity contribution is -0.151. The molecule has 4 N–H and O–H groups in total. The normalized spacial score (nSPS) is 32.9. The molecule has 10 nitrogen and oxygen atoms in total. The molecule has 4 unspecified atom stereocenters. The van der Waals surface area contributed by atoms with Gasteiger partial charge in [-0.15, -0.1) is 6.58 Å². The van der Waals surface area contributed by atoms with Crippen molar-refractivity contribution in [3.8, 4) is 0 Å². The molecule has 10 heteroatoms. The van der Waals surface area contributed by atoms with E-state index in [1.807, 2.05) is 6.08 Å². The van der Waals surface area contributed by atoms with Gasteiger partial charge in [0.15, 0.2) is 24.4 Å². The molecule has 2 aliphatic heterocycles. The van der Waals surface area contributed by atoms with Crippen molar-refractivity contribution < 1.29 is 49.0 Å². The number of carbonyl (C=O) groups is 2. The maximum atomic E-state index is 11.3. The highest BCUT2D eigenvalue weighted by molar-refractivity contribution is 5.78. The molecule has 2 fully saturated rings. The summed E-state index contributed by atoms with van der Waals surface area (Å²) in [7, 11) is 2.61. The van der Waals surface area contributed by atoms with E-state index >= 15 is 0 Å². The summed E-state index contributed by atoms with van der Waals surface area (Å²) < 4.78 is 19.1. The largest absolute Gasteiger partial charge is 0.454 e. The highest BCUT2D eigenvalue weighted by Gasteiger charge is 2.47. The van der Waals surface area contributed by atoms with E-state index < -0.39 is 60.8 Å². The number of hydrogen-bond acceptors (Lipinski definition) is 10. The molecule has 0 aromatic rings. The zero-order valence-electron chi connectivity index (χ0n) is 17.4. The number of aliphatic hydroxyl groups excluding tert-OH is 4. The van der Waals surface area contributed by atoms with E-state index in [0.29, 0.717) is 0 Å². The lowest BCUT2D eigenvalue weighted by Crippen LogP contribution is -2.38. The summed E-state index contributed by atoms with van der Waals surface area (Å²) in [6, 6.07) is 0. The molecule has 172 valence electrons. The molecule has 0 spiro atoms. The van der Waals surface area contributed by atoms with Gasteiger partial charge in [-0.3, -0.25) is 0 Å². The summed E-state index contributed by atoms with van der Waals surface area (Å²) in [6.45, 7) is 5.40. The van der Waals surface area contributed by atoms with Crippen LogP contribution < -0.4 is 0 Å². The van der Waals surface area contributed by atoms with Crippen LogP contribution in [0.5, 0.6) is 0 Å². The van der Waals surface area contributed by atoms with E-state index in [2.05, 4.69) is 13.5 Å². The first-order chi connectivity index (χ1) is 14.2. The van der Waals surface area contributed by atoms with Crippen LogP contribution >= 0.6 is 0 Å². The van der Waals surface area contributed by atoms with Crippen LogP contribution in [0.2, 0.25) is 0 Å². The predicted molar refractivity (Wildman–Crippen MR) is 104 cm³/mol. The van der Waals surface area contributed by atoms with Crippen LogP contribution in [-0.4, -0.2) is 95.4 Å². The minimum Gasteiger partial charge on any atom is -0.454 e. The van der Waals surface area contributed by atoms with E-state index in [9.17, 15) is 30.0 Å². The Labute approximate surface area is 175 Å². The number of unbranched alkanes of at least 4 members (excludes halogenated alkanes) is 2. The van der Waals surface area contributed by atoms with Crippen molar-refractivity contribution >= 4 is 11.9 Å². The van der Waals surface area contributed by atoms with Gasteiger partial charge < -0.3 is 39.4 Å². The summed E-state index contributed by atoms with van der Waals surface area (Å²) in [6.07, 6.45) is -0.724. The second kappa shape index (κ2) is 12.8. The van der Waals surface area contributed by atoms with Gasteiger partial charge in [0.2, 0.25) is 0 Å². The smallest absolute Gasteiger partial charge is 0.338 e. The Morgan fingerprint density at radius 2 is 1.47 bits per heavy atom. The standard InChI is InChI=1S/C12H20O5.C8H12O5/c1-3-4-5-6-7-8(13)10-9(14)11(16-2)12(15)17-10;1-3-4(9)6-5(10)7(12-2)8(11)13-6/h6-11,13-14H,3-5H2,1-2H3;3-7,9-10H,1H2,2H3/b7-6+;/t8-,9?,10?,11-;4-,5?,6?,7-/m11/s1. The zero-order valence-corrected chi connectivity index (χ0v) is 17.4. The maximum Gasteiger partial charge on any atom is 0.338 e. The molecular weight excluding hydrogens is 400 g/mol. The second-order valence-corrected chi connectivity index (χ2v) is 6.88. The van der Waals surface area contributed by atoms with E-state index in [4.69, 9.17) is 18.9 Å². The topological polar surface area (TPSA) is 152 Å². The SMILES string of the molecule is C=C[C@@H](O)C1OC(=O)[C@H](OC)C1O.CCCC/C=C/[C@@H](O)C1OC(=O)[C@H](OC)C1O. The fraction of sp³-hybridized carbons (Fsp3) is 0.700. The minimum atomic E-state index is -1.15. The number of esters is 2. The first-order valence-corrected chi connectivity index (χ1v) is 9.71. The lowest BCUT2D eigenvalue weighted by atomic mass is 10.1. The number of carbonyl (C=O) groups excluding carboxylic acids is 2. The molecule has 8 atom stereocenters. The first kappa shape index (κ1) is 26.2. The average Bonchev–Trinajstić information content (AvgIpc) is 3.18. The van der Waals surface area contributed by atoms with Crippen LogP contribution in [0, 0.1) is 0 Å². The third-order valence-corrected chi connectivity index (χ3v) is 4.74. The lowest BCUT2D eigenvalue weighted by Gasteiger charge is -2.17. The van der Waals surface area contributed by atoms with Gasteiger partial charge in [0, 0.05) is 14.2 Å². The van der Waals surface area contributed by atoms with E-state index in [-0.39, 0.29) is 0 Å². The molecule has 0 aromatic carbocycles. The number of aliphatic hydroxyl groups is 4. The zero-order chi connectivity index (χ0) is 22.8. The van der Waals surface area contributed by atoms with Crippen molar-refractivity contribution in [1.29, 1.82) is 0 Å². The van der Waals surface area contributed by atoms with Gasteiger partial charge in [0.05, 0.1) is 0 Å². The van der Waals surface area contributed by atoms with Crippen molar-refractivity contribution in [2.45, 2.75) is 75.0 Å². The van der Waals surface area contributed by atoms with Crippen molar-refractivity contribution in [2.75, 3.05) is 14.2 Å². The van der Waals surface area contributed by atoms with Crippen molar-refractivity contribution in [3.05, 3.63) is 24.8 Å². The number of methoxy groups -OCH3 is 2. The molecule has 30 heavy (non-hydrogen) atoms. The third kappa shape index (κ3) is 6.59. The summed E-state index contributed by atoms with van der Waals surface area (Å²) in [5.41, 5.74) is 0. The second-order valence-electron chi connectivity index (χ2n) is 6.88. The van der Waals surface area contributed by atoms with Crippen LogP contribution in [0.4, 0.5) is 0 Å². The molecule has 0 amide bonds. The van der Waals surface area contributed by atoms with Crippen molar-refractivity contribution in [3.63, 3.8) is 0 Å². The van der Waals surface area contributed by atoms with E-state index in [0.717, 1.165) is 19.3 Å². The van der Waals surface area contributed by atoms with Gasteiger partial charge in [-0.1, -0.05) is 38.0 Å². The summed E-state index contributed by atoms with van der Waals surface area (Å²) in [5, 5.41) is 38.2. The highest BCUT2D eigenvalue weighted by Crippen LogP contribution is 2.22. The van der Waals surface area contributed by atoms with Crippen molar-refractivity contribution in [2.24, 2.45) is 0 Å². The molecule has 0 bridgehead atoms. The summed E-state index contributed by atoms with van der Waals surface area (Å²) in [4.78, 5) is 22.3. The number of ether oxygens (including phenoxy) is 4. The van der Waals surface area contributed by atoms with Crippen LogP contribution in [0.25, 0.3) is 0 Å². The molecule has 0 saturated carbocycles. The van der Waals surface area contributed by atoms with E-state index in [1.54, 1.807) is 6.08 Å². The molecule has 0 aromatic heterocycles. The summed E-state index contributed by atoms with van der Waals surface area (Å²) in [5.74, 6) is -1.30. The van der Waals surface area contributed by atoms with Gasteiger partial charge in [0.1, 0.15) is 24.4 Å². The van der Waals surface area contributed by atoms with Crippen LogP contribution in [0.1, 0.15) is 26.2 Å². The Hall–Kier alpha value is -1.82. The van der Waals surface area contributed by atoms with E-state index in [1.165, 1.54) is 20.3 Å². The molecule has 0 aliphatic carbocycles. The summed E-state index contributed by atoms with van der Waals surface area (Å²) >= 11 is 0. The van der Waals surface area contributed by atoms with Gasteiger partial charge >= 0.3 is 11.9 Å².